The van der Waals surface area contributed by atoms with Gasteiger partial charge in [-0.3, -0.25) is 0 Å². The van der Waals surface area contributed by atoms with Gasteiger partial charge in [0.25, 0.3) is 0 Å². The van der Waals surface area contributed by atoms with E-state index in [2.05, 4.69) is 31.3 Å². The minimum absolute atomic E-state index is 0.181. The number of nitrogens with one attached hydrogen (secondary N) is 1. The summed E-state index contributed by atoms with van der Waals surface area (Å²) in [5.41, 5.74) is 0.947. The van der Waals surface area contributed by atoms with Crippen molar-refractivity contribution >= 4 is 11.6 Å². The highest BCUT2D eigenvalue weighted by Crippen LogP contribution is 2.15. The van der Waals surface area contributed by atoms with Crippen LogP contribution in [0.2, 0.25) is 5.02 Å². The van der Waals surface area contributed by atoms with Crippen molar-refractivity contribution in [3.63, 3.8) is 0 Å². The fourth-order valence-corrected chi connectivity index (χ4v) is 1.70. The van der Waals surface area contributed by atoms with Crippen molar-refractivity contribution < 1.29 is 4.39 Å². The van der Waals surface area contributed by atoms with Gasteiger partial charge < -0.3 is 5.32 Å². The summed E-state index contributed by atoms with van der Waals surface area (Å²) in [6.45, 7) is 6.43. The van der Waals surface area contributed by atoms with Crippen LogP contribution < -0.4 is 5.32 Å². The highest BCUT2D eigenvalue weighted by Gasteiger charge is 1.99. The van der Waals surface area contributed by atoms with Crippen LogP contribution in [0.5, 0.6) is 0 Å². The van der Waals surface area contributed by atoms with E-state index in [1.807, 2.05) is 6.07 Å². The van der Waals surface area contributed by atoms with E-state index in [4.69, 9.17) is 11.6 Å². The lowest BCUT2D eigenvalue weighted by Gasteiger charge is -2.04. The molecule has 0 amide bonds. The van der Waals surface area contributed by atoms with E-state index in [0.717, 1.165) is 31.5 Å². The van der Waals surface area contributed by atoms with Crippen molar-refractivity contribution in [1.29, 1.82) is 0 Å². The summed E-state index contributed by atoms with van der Waals surface area (Å²) >= 11 is 5.62. The highest BCUT2D eigenvalue weighted by molar-refractivity contribution is 6.30. The van der Waals surface area contributed by atoms with Gasteiger partial charge in [-0.25, -0.2) is 4.39 Å². The second-order valence-electron chi connectivity index (χ2n) is 4.81. The van der Waals surface area contributed by atoms with E-state index in [1.54, 1.807) is 6.07 Å². The van der Waals surface area contributed by atoms with Gasteiger partial charge in [0.15, 0.2) is 0 Å². The molecule has 0 spiro atoms. The maximum absolute atomic E-state index is 13.2. The Morgan fingerprint density at radius 3 is 2.78 bits per heavy atom. The second kappa shape index (κ2) is 8.28. The summed E-state index contributed by atoms with van der Waals surface area (Å²) in [4.78, 5) is 0. The largest absolute Gasteiger partial charge is 0.316 e. The van der Waals surface area contributed by atoms with Crippen LogP contribution in [0.1, 0.15) is 25.8 Å². The zero-order valence-corrected chi connectivity index (χ0v) is 11.8. The van der Waals surface area contributed by atoms with Crippen LogP contribution in [0, 0.1) is 11.7 Å². The van der Waals surface area contributed by atoms with E-state index in [-0.39, 0.29) is 10.8 Å². The molecular weight excluding hydrogens is 249 g/mol. The molecule has 1 aromatic carbocycles. The summed E-state index contributed by atoms with van der Waals surface area (Å²) in [7, 11) is 0. The molecular formula is C15H21ClFN. The summed E-state index contributed by atoms with van der Waals surface area (Å²) in [6.07, 6.45) is 5.95. The lowest BCUT2D eigenvalue weighted by atomic mass is 10.1. The quantitative estimate of drug-likeness (QED) is 0.577. The molecule has 1 rings (SSSR count). The minimum Gasteiger partial charge on any atom is -0.316 e. The van der Waals surface area contributed by atoms with Gasteiger partial charge in [0.1, 0.15) is 5.82 Å². The van der Waals surface area contributed by atoms with Gasteiger partial charge in [-0.15, -0.1) is 0 Å². The van der Waals surface area contributed by atoms with E-state index < -0.39 is 0 Å². The third kappa shape index (κ3) is 6.18. The topological polar surface area (TPSA) is 12.0 Å². The number of halogens is 2. The second-order valence-corrected chi connectivity index (χ2v) is 5.22. The Kier molecular flexibility index (Phi) is 6.99. The molecule has 0 aliphatic heterocycles. The Balaban J connectivity index is 2.21. The van der Waals surface area contributed by atoms with Gasteiger partial charge in [-0.1, -0.05) is 43.7 Å². The highest BCUT2D eigenvalue weighted by atomic mass is 35.5. The monoisotopic (exact) mass is 269 g/mol. The number of hydrogen-bond donors (Lipinski definition) is 1. The third-order valence-electron chi connectivity index (χ3n) is 2.54. The first-order chi connectivity index (χ1) is 8.59. The van der Waals surface area contributed by atoms with Gasteiger partial charge in [0, 0.05) is 0 Å². The number of rotatable bonds is 7. The molecule has 0 fully saturated rings. The van der Waals surface area contributed by atoms with Crippen LogP contribution in [0.3, 0.4) is 0 Å². The van der Waals surface area contributed by atoms with Crippen LogP contribution >= 0.6 is 11.6 Å². The Morgan fingerprint density at radius 2 is 2.11 bits per heavy atom. The van der Waals surface area contributed by atoms with Crippen LogP contribution in [-0.2, 0) is 6.42 Å². The van der Waals surface area contributed by atoms with Gasteiger partial charge in [0.2, 0.25) is 0 Å². The zero-order valence-electron chi connectivity index (χ0n) is 11.0. The molecule has 0 aromatic heterocycles. The summed E-state index contributed by atoms with van der Waals surface area (Å²) in [6, 6.07) is 4.95. The zero-order chi connectivity index (χ0) is 13.4. The predicted molar refractivity (Wildman–Crippen MR) is 76.6 cm³/mol. The molecule has 1 aromatic rings. The van der Waals surface area contributed by atoms with E-state index in [9.17, 15) is 4.39 Å². The van der Waals surface area contributed by atoms with Gasteiger partial charge >= 0.3 is 0 Å². The molecule has 0 aliphatic rings. The number of allylic oxidation sites excluding steroid dienone is 1. The number of benzene rings is 1. The lowest BCUT2D eigenvalue weighted by Crippen LogP contribution is -2.20. The van der Waals surface area contributed by atoms with Crippen molar-refractivity contribution in [2.45, 2.75) is 26.7 Å². The maximum atomic E-state index is 13.2. The van der Waals surface area contributed by atoms with Crippen LogP contribution in [0.4, 0.5) is 4.39 Å². The molecule has 100 valence electrons. The lowest BCUT2D eigenvalue weighted by molar-refractivity contribution is 0.556. The average molecular weight is 270 g/mol. The molecule has 18 heavy (non-hydrogen) atoms. The smallest absolute Gasteiger partial charge is 0.142 e. The minimum atomic E-state index is -0.346. The summed E-state index contributed by atoms with van der Waals surface area (Å²) < 4.78 is 13.2. The van der Waals surface area contributed by atoms with Crippen LogP contribution in [0.15, 0.2) is 30.4 Å². The van der Waals surface area contributed by atoms with Crippen molar-refractivity contribution in [2.24, 2.45) is 5.92 Å². The van der Waals surface area contributed by atoms with E-state index in [0.29, 0.717) is 5.92 Å². The van der Waals surface area contributed by atoms with Gasteiger partial charge in [-0.2, -0.15) is 0 Å². The molecule has 0 radical (unpaired) electrons. The summed E-state index contributed by atoms with van der Waals surface area (Å²) in [5, 5.41) is 3.55. The SMILES string of the molecule is CC(C)CNCC/C=C/Cc1ccc(Cl)c(F)c1. The Bertz CT molecular complexity index is 388. The molecule has 3 heteroatoms. The molecule has 1 nitrogen and oxygen atoms in total. The van der Waals surface area contributed by atoms with Crippen molar-refractivity contribution in [3.8, 4) is 0 Å². The maximum Gasteiger partial charge on any atom is 0.142 e. The molecule has 1 N–H and O–H groups in total. The van der Waals surface area contributed by atoms with E-state index in [1.165, 1.54) is 6.07 Å². The molecule has 0 heterocycles. The number of hydrogen-bond acceptors (Lipinski definition) is 1. The van der Waals surface area contributed by atoms with Crippen molar-refractivity contribution in [2.75, 3.05) is 13.1 Å². The van der Waals surface area contributed by atoms with Crippen LogP contribution in [0.25, 0.3) is 0 Å². The first-order valence-electron chi connectivity index (χ1n) is 6.39. The Labute approximate surface area is 114 Å². The van der Waals surface area contributed by atoms with E-state index >= 15 is 0 Å². The van der Waals surface area contributed by atoms with Gasteiger partial charge in [0.05, 0.1) is 5.02 Å². The fourth-order valence-electron chi connectivity index (χ4n) is 1.58. The molecule has 0 unspecified atom stereocenters. The first kappa shape index (κ1) is 15.2. The summed E-state index contributed by atoms with van der Waals surface area (Å²) in [5.74, 6) is 0.340. The molecule has 0 saturated carbocycles. The molecule has 0 atom stereocenters. The fraction of sp³-hybridized carbons (Fsp3) is 0.467. The molecule has 0 bridgehead atoms. The normalized spacial score (nSPS) is 11.6. The third-order valence-corrected chi connectivity index (χ3v) is 2.85. The van der Waals surface area contributed by atoms with Crippen molar-refractivity contribution in [3.05, 3.63) is 46.8 Å². The van der Waals surface area contributed by atoms with Gasteiger partial charge in [-0.05, 0) is 49.5 Å². The Morgan fingerprint density at radius 1 is 1.33 bits per heavy atom. The predicted octanol–water partition coefficient (Wildman–Crippen LogP) is 4.21. The Hall–Kier alpha value is -0.860. The molecule has 0 saturated heterocycles. The molecule has 0 aliphatic carbocycles. The van der Waals surface area contributed by atoms with Crippen LogP contribution in [-0.4, -0.2) is 13.1 Å². The first-order valence-corrected chi connectivity index (χ1v) is 6.77. The standard InChI is InChI=1S/C15H21ClFN/c1-12(2)11-18-9-5-3-4-6-13-7-8-14(16)15(17)10-13/h3-4,7-8,10,12,18H,5-6,9,11H2,1-2H3/b4-3+. The average Bonchev–Trinajstić information content (AvgIpc) is 2.32. The van der Waals surface area contributed by atoms with Crippen molar-refractivity contribution in [1.82, 2.24) is 5.32 Å².